The van der Waals surface area contributed by atoms with Gasteiger partial charge in [0.1, 0.15) is 0 Å². The molecule has 22 heavy (non-hydrogen) atoms. The van der Waals surface area contributed by atoms with Gasteiger partial charge in [-0.2, -0.15) is 0 Å². The Balaban J connectivity index is 2.02. The van der Waals surface area contributed by atoms with Crippen LogP contribution in [0.25, 0.3) is 5.57 Å². The van der Waals surface area contributed by atoms with E-state index < -0.39 is 6.98 Å². The highest BCUT2D eigenvalue weighted by Crippen LogP contribution is 2.42. The largest absolute Gasteiger partial charge is 0.404 e. The van der Waals surface area contributed by atoms with E-state index in [-0.39, 0.29) is 18.6 Å². The predicted octanol–water partition coefficient (Wildman–Crippen LogP) is 3.66. The van der Waals surface area contributed by atoms with Crippen LogP contribution >= 0.6 is 0 Å². The minimum Gasteiger partial charge on any atom is -0.395 e. The van der Waals surface area contributed by atoms with E-state index in [2.05, 4.69) is 67.7 Å². The highest BCUT2D eigenvalue weighted by Gasteiger charge is 2.38. The molecule has 0 bridgehead atoms. The summed E-state index contributed by atoms with van der Waals surface area (Å²) in [5.41, 5.74) is 3.72. The molecule has 1 aromatic carbocycles. The molecular weight excluding hydrogens is 269 g/mol. The fourth-order valence-corrected chi connectivity index (χ4v) is 3.29. The maximum Gasteiger partial charge on any atom is 0.404 e. The van der Waals surface area contributed by atoms with E-state index in [1.165, 1.54) is 21.7 Å². The highest BCUT2D eigenvalue weighted by molar-refractivity contribution is 6.68. The Morgan fingerprint density at radius 3 is 2.55 bits per heavy atom. The smallest absolute Gasteiger partial charge is 0.395 e. The molecule has 0 spiro atoms. The summed E-state index contributed by atoms with van der Waals surface area (Å²) in [6, 6.07) is 8.42. The molecule has 2 heterocycles. The fraction of sp³-hybridized carbons (Fsp3) is 0.444. The van der Waals surface area contributed by atoms with Crippen LogP contribution in [0.5, 0.6) is 0 Å². The lowest BCUT2D eigenvalue weighted by Crippen LogP contribution is -2.54. The summed E-state index contributed by atoms with van der Waals surface area (Å²) in [6.45, 7) is 6.43. The van der Waals surface area contributed by atoms with E-state index in [1.54, 1.807) is 6.20 Å². The number of benzene rings is 1. The van der Waals surface area contributed by atoms with Gasteiger partial charge in [-0.1, -0.05) is 44.9 Å². The predicted molar refractivity (Wildman–Crippen MR) is 96.2 cm³/mol. The number of rotatable bonds is 1. The van der Waals surface area contributed by atoms with E-state index in [9.17, 15) is 0 Å². The third-order valence-electron chi connectivity index (χ3n) is 4.63. The van der Waals surface area contributed by atoms with Crippen LogP contribution in [-0.4, -0.2) is 36.9 Å². The van der Waals surface area contributed by atoms with E-state index >= 15 is 0 Å². The quantitative estimate of drug-likeness (QED) is 0.733. The first-order chi connectivity index (χ1) is 11.5. The monoisotopic (exact) mass is 298 g/mol. The number of allylic oxidation sites excluding steroid dienone is 1. The third kappa shape index (κ3) is 2.31. The Labute approximate surface area is 139 Å². The summed E-state index contributed by atoms with van der Waals surface area (Å²) < 4.78 is 23.2. The number of nitrogens with zero attached hydrogens (tertiary/aromatic N) is 3. The van der Waals surface area contributed by atoms with Crippen molar-refractivity contribution in [1.82, 2.24) is 9.71 Å². The Morgan fingerprint density at radius 2 is 1.91 bits per heavy atom. The molecule has 0 saturated heterocycles. The molecule has 1 atom stereocenters. The summed E-state index contributed by atoms with van der Waals surface area (Å²) in [6.07, 6.45) is 3.34. The van der Waals surface area contributed by atoms with Crippen molar-refractivity contribution in [1.29, 1.82) is 0 Å². The maximum atomic E-state index is 7.72. The van der Waals surface area contributed by atoms with Gasteiger partial charge in [-0.05, 0) is 36.6 Å². The molecule has 2 aliphatic rings. The average molecular weight is 298 g/mol. The standard InChI is InChI=1S/C18H26BN3/c1-14-20(5)11-12-22(14)19-13-16(18(2,3)4)15-9-7-8-10-17(15)21(19)6/h7-14H,1-6H3/t14-/m0/s1/i5D3. The number of anilines is 1. The van der Waals surface area contributed by atoms with Gasteiger partial charge in [0.25, 0.3) is 0 Å². The van der Waals surface area contributed by atoms with Crippen LogP contribution in [0.3, 0.4) is 0 Å². The van der Waals surface area contributed by atoms with Crippen molar-refractivity contribution in [2.45, 2.75) is 33.9 Å². The van der Waals surface area contributed by atoms with Gasteiger partial charge in [0.2, 0.25) is 0 Å². The van der Waals surface area contributed by atoms with Gasteiger partial charge < -0.3 is 14.5 Å². The van der Waals surface area contributed by atoms with E-state index in [0.29, 0.717) is 0 Å². The molecule has 0 fully saturated rings. The van der Waals surface area contributed by atoms with Crippen LogP contribution in [0, 0.1) is 5.41 Å². The molecule has 0 amide bonds. The van der Waals surface area contributed by atoms with E-state index in [0.717, 1.165) is 0 Å². The molecule has 1 aromatic rings. The highest BCUT2D eigenvalue weighted by atomic mass is 15.4. The summed E-state index contributed by atoms with van der Waals surface area (Å²) in [4.78, 5) is 5.76. The van der Waals surface area contributed by atoms with Gasteiger partial charge in [-0.3, -0.25) is 0 Å². The first kappa shape index (κ1) is 11.7. The minimum atomic E-state index is -2.13. The van der Waals surface area contributed by atoms with Crippen molar-refractivity contribution in [3.8, 4) is 0 Å². The van der Waals surface area contributed by atoms with Crippen LogP contribution in [0.15, 0.2) is 42.6 Å². The molecule has 2 aliphatic heterocycles. The molecule has 4 heteroatoms. The lowest BCUT2D eigenvalue weighted by Gasteiger charge is -2.42. The van der Waals surface area contributed by atoms with Gasteiger partial charge in [0.05, 0.1) is 6.17 Å². The summed E-state index contributed by atoms with van der Waals surface area (Å²) in [7, 11) is 2.07. The Bertz CT molecular complexity index is 721. The Kier molecular flexibility index (Phi) is 2.72. The number of hydrogen-bond donors (Lipinski definition) is 0. The molecule has 0 saturated carbocycles. The van der Waals surface area contributed by atoms with Gasteiger partial charge in [0, 0.05) is 29.2 Å². The average Bonchev–Trinajstić information content (AvgIpc) is 2.88. The zero-order chi connectivity index (χ0) is 18.6. The van der Waals surface area contributed by atoms with Crippen molar-refractivity contribution < 1.29 is 4.11 Å². The first-order valence-corrected chi connectivity index (χ1v) is 7.80. The van der Waals surface area contributed by atoms with Crippen LogP contribution in [-0.2, 0) is 0 Å². The van der Waals surface area contributed by atoms with Crippen molar-refractivity contribution >= 4 is 18.2 Å². The molecule has 0 radical (unpaired) electrons. The van der Waals surface area contributed by atoms with E-state index in [1.807, 2.05) is 13.1 Å². The van der Waals surface area contributed by atoms with E-state index in [4.69, 9.17) is 4.11 Å². The Morgan fingerprint density at radius 1 is 1.18 bits per heavy atom. The van der Waals surface area contributed by atoms with Gasteiger partial charge in [0.15, 0.2) is 0 Å². The second kappa shape index (κ2) is 5.11. The fourth-order valence-electron chi connectivity index (χ4n) is 3.29. The SMILES string of the molecule is [2H]C([2H])([2H])N1C=CN(B2C=C(C(C)(C)C)c3ccccc3N2C)[C@H]1C. The second-order valence-electron chi connectivity index (χ2n) is 7.16. The summed E-state index contributed by atoms with van der Waals surface area (Å²) >= 11 is 0. The normalized spacial score (nSPS) is 24.0. The lowest BCUT2D eigenvalue weighted by molar-refractivity contribution is 0.272. The van der Waals surface area contributed by atoms with Crippen molar-refractivity contribution in [2.24, 2.45) is 5.41 Å². The summed E-state index contributed by atoms with van der Waals surface area (Å²) in [5.74, 6) is 2.27. The molecular formula is C18H26BN3. The van der Waals surface area contributed by atoms with Gasteiger partial charge in [-0.15, -0.1) is 0 Å². The molecule has 0 unspecified atom stereocenters. The molecule has 3 nitrogen and oxygen atoms in total. The minimum absolute atomic E-state index is 0.00596. The first-order valence-electron chi connectivity index (χ1n) is 9.30. The van der Waals surface area contributed by atoms with Crippen LogP contribution in [0.4, 0.5) is 5.69 Å². The zero-order valence-corrected chi connectivity index (χ0v) is 14.0. The number of fused-ring (bicyclic) bond motifs is 1. The van der Waals surface area contributed by atoms with Crippen molar-refractivity contribution in [2.75, 3.05) is 18.8 Å². The molecule has 0 N–H and O–H groups in total. The topological polar surface area (TPSA) is 9.72 Å². The molecule has 116 valence electrons. The van der Waals surface area contributed by atoms with Crippen molar-refractivity contribution in [3.63, 3.8) is 0 Å². The van der Waals surface area contributed by atoms with Crippen LogP contribution in [0.2, 0.25) is 0 Å². The molecule has 0 aliphatic carbocycles. The lowest BCUT2D eigenvalue weighted by atomic mass is 9.62. The van der Waals surface area contributed by atoms with Crippen molar-refractivity contribution in [3.05, 3.63) is 48.2 Å². The zero-order valence-electron chi connectivity index (χ0n) is 17.0. The van der Waals surface area contributed by atoms with Gasteiger partial charge in [-0.25, -0.2) is 0 Å². The third-order valence-corrected chi connectivity index (χ3v) is 4.63. The molecule has 0 aromatic heterocycles. The number of para-hydroxylation sites is 1. The Hall–Kier alpha value is -1.84. The van der Waals surface area contributed by atoms with Crippen LogP contribution in [0.1, 0.15) is 37.4 Å². The second-order valence-corrected chi connectivity index (χ2v) is 7.16. The van der Waals surface area contributed by atoms with Crippen LogP contribution < -0.4 is 4.81 Å². The van der Waals surface area contributed by atoms with Gasteiger partial charge >= 0.3 is 6.98 Å². The summed E-state index contributed by atoms with van der Waals surface area (Å²) in [5, 5.41) is 0. The maximum absolute atomic E-state index is 7.72. The molecule has 3 rings (SSSR count). The number of hydrogen-bond acceptors (Lipinski definition) is 3.